The lowest BCUT2D eigenvalue weighted by molar-refractivity contribution is -0.547. The predicted octanol–water partition coefficient (Wildman–Crippen LogP) is -1.30. The van der Waals surface area contributed by atoms with Crippen molar-refractivity contribution in [2.45, 2.75) is 12.3 Å². The molecule has 1 atom stereocenters. The number of nitrogens with zero attached hydrogens (tertiary/aromatic N) is 4. The van der Waals surface area contributed by atoms with Crippen LogP contribution in [0.2, 0.25) is 0 Å². The minimum absolute atomic E-state index is 0.284. The van der Waals surface area contributed by atoms with Crippen molar-refractivity contribution in [3.05, 3.63) is 0 Å². The topological polar surface area (TPSA) is 74.5 Å². The van der Waals surface area contributed by atoms with Crippen LogP contribution in [0.4, 0.5) is 4.79 Å². The smallest absolute Gasteiger partial charge is 0.333 e. The highest BCUT2D eigenvalue weighted by Gasteiger charge is 2.51. The Hall–Kier alpha value is -1.80. The average molecular weight is 267 g/mol. The van der Waals surface area contributed by atoms with Gasteiger partial charge in [0.05, 0.1) is 13.2 Å². The van der Waals surface area contributed by atoms with Crippen LogP contribution in [0.15, 0.2) is 4.99 Å². The number of ether oxygens (including phenoxy) is 2. The lowest BCUT2D eigenvalue weighted by Crippen LogP contribution is -2.61. The van der Waals surface area contributed by atoms with Crippen LogP contribution in [0.5, 0.6) is 0 Å². The summed E-state index contributed by atoms with van der Waals surface area (Å²) < 4.78 is 12.5. The van der Waals surface area contributed by atoms with Gasteiger partial charge in [0.15, 0.2) is 6.29 Å². The molecule has 3 amide bonds. The maximum atomic E-state index is 12.2. The number of rotatable bonds is 2. The molecule has 3 aliphatic heterocycles. The van der Waals surface area contributed by atoms with Gasteiger partial charge in [-0.25, -0.2) is 9.37 Å². The summed E-state index contributed by atoms with van der Waals surface area (Å²) in [5.74, 6) is 0.166. The molecule has 0 bridgehead atoms. The number of carbonyl (C=O) groups excluding carboxylic acids is 2. The molecule has 0 aromatic rings. The van der Waals surface area contributed by atoms with Gasteiger partial charge in [0.1, 0.15) is 6.54 Å². The molecule has 2 saturated heterocycles. The second-order valence-electron chi connectivity index (χ2n) is 4.61. The Labute approximate surface area is 109 Å². The van der Waals surface area contributed by atoms with Crippen LogP contribution in [0.1, 0.15) is 0 Å². The van der Waals surface area contributed by atoms with E-state index < -0.39 is 6.04 Å². The number of aliphatic imine (C=N–C) groups is 1. The molecular formula is C11H15N4O4+. The van der Waals surface area contributed by atoms with E-state index in [1.165, 1.54) is 11.9 Å². The molecule has 8 nitrogen and oxygen atoms in total. The van der Waals surface area contributed by atoms with Crippen molar-refractivity contribution in [3.8, 4) is 0 Å². The summed E-state index contributed by atoms with van der Waals surface area (Å²) in [5, 5.41) is 0. The number of likely N-dealkylation sites (N-methyl/N-ethyl adjacent to an activating group) is 2. The molecule has 3 rings (SSSR count). The number of hydrogen-bond acceptors (Lipinski definition) is 5. The van der Waals surface area contributed by atoms with Crippen molar-refractivity contribution in [1.82, 2.24) is 9.80 Å². The first kappa shape index (κ1) is 12.2. The molecule has 102 valence electrons. The molecule has 0 saturated carbocycles. The fourth-order valence-corrected chi connectivity index (χ4v) is 2.38. The molecule has 0 aliphatic carbocycles. The Balaban J connectivity index is 1.80. The number of hydrogen-bond donors (Lipinski definition) is 0. The summed E-state index contributed by atoms with van der Waals surface area (Å²) >= 11 is 0. The highest BCUT2D eigenvalue weighted by Crippen LogP contribution is 2.17. The van der Waals surface area contributed by atoms with Gasteiger partial charge in [-0.2, -0.15) is 0 Å². The molecule has 0 spiro atoms. The SMILES string of the molecule is CN1C(=O)C2C(=NC=[N+]2CC2OCCO2)N(C)C1=O. The molecule has 19 heavy (non-hydrogen) atoms. The normalized spacial score (nSPS) is 27.8. The van der Waals surface area contributed by atoms with Gasteiger partial charge in [0.25, 0.3) is 24.1 Å². The number of fused-ring (bicyclic) bond motifs is 1. The van der Waals surface area contributed by atoms with E-state index in [1.807, 2.05) is 0 Å². The third kappa shape index (κ3) is 1.83. The number of imide groups is 1. The Bertz CT molecular complexity index is 495. The lowest BCUT2D eigenvalue weighted by Gasteiger charge is -2.30. The summed E-state index contributed by atoms with van der Waals surface area (Å²) in [5.41, 5.74) is 0. The number of carbonyl (C=O) groups is 2. The Kier molecular flexibility index (Phi) is 2.83. The zero-order valence-electron chi connectivity index (χ0n) is 10.8. The number of urea groups is 1. The third-order valence-electron chi connectivity index (χ3n) is 3.45. The molecule has 0 aromatic carbocycles. The zero-order chi connectivity index (χ0) is 13.6. The van der Waals surface area contributed by atoms with Gasteiger partial charge in [-0.1, -0.05) is 0 Å². The van der Waals surface area contributed by atoms with Crippen molar-refractivity contribution in [2.75, 3.05) is 33.9 Å². The van der Waals surface area contributed by atoms with Crippen LogP contribution in [0, 0.1) is 0 Å². The van der Waals surface area contributed by atoms with Crippen LogP contribution in [0.3, 0.4) is 0 Å². The Morgan fingerprint density at radius 2 is 2.00 bits per heavy atom. The van der Waals surface area contributed by atoms with E-state index in [0.29, 0.717) is 25.6 Å². The highest BCUT2D eigenvalue weighted by molar-refractivity contribution is 6.21. The Morgan fingerprint density at radius 1 is 1.32 bits per heavy atom. The van der Waals surface area contributed by atoms with Gasteiger partial charge in [-0.05, 0) is 4.99 Å². The zero-order valence-corrected chi connectivity index (χ0v) is 10.8. The highest BCUT2D eigenvalue weighted by atomic mass is 16.7. The van der Waals surface area contributed by atoms with Crippen LogP contribution < -0.4 is 0 Å². The van der Waals surface area contributed by atoms with Gasteiger partial charge in [-0.15, -0.1) is 0 Å². The van der Waals surface area contributed by atoms with E-state index in [4.69, 9.17) is 9.47 Å². The van der Waals surface area contributed by atoms with Crippen molar-refractivity contribution < 1.29 is 23.6 Å². The minimum atomic E-state index is -0.569. The summed E-state index contributed by atoms with van der Waals surface area (Å²) in [6.45, 7) is 1.53. The first-order valence-electron chi connectivity index (χ1n) is 6.05. The van der Waals surface area contributed by atoms with Crippen molar-refractivity contribution in [3.63, 3.8) is 0 Å². The van der Waals surface area contributed by atoms with Gasteiger partial charge in [0.2, 0.25) is 0 Å². The maximum absolute atomic E-state index is 12.2. The monoisotopic (exact) mass is 267 g/mol. The first-order chi connectivity index (χ1) is 9.09. The predicted molar refractivity (Wildman–Crippen MR) is 64.0 cm³/mol. The second kappa shape index (κ2) is 4.39. The number of amides is 3. The summed E-state index contributed by atoms with van der Waals surface area (Å²) in [6.07, 6.45) is 1.21. The molecule has 3 heterocycles. The number of amidine groups is 1. The van der Waals surface area contributed by atoms with Gasteiger partial charge in [-0.3, -0.25) is 14.6 Å². The van der Waals surface area contributed by atoms with Crippen molar-refractivity contribution in [1.29, 1.82) is 0 Å². The summed E-state index contributed by atoms with van der Waals surface area (Å²) in [7, 11) is 3.08. The maximum Gasteiger partial charge on any atom is 0.333 e. The van der Waals surface area contributed by atoms with Crippen molar-refractivity contribution >= 4 is 24.1 Å². The van der Waals surface area contributed by atoms with E-state index in [0.717, 1.165) is 4.90 Å². The molecule has 3 aliphatic rings. The van der Waals surface area contributed by atoms with Gasteiger partial charge >= 0.3 is 6.03 Å². The fourth-order valence-electron chi connectivity index (χ4n) is 2.38. The molecule has 2 fully saturated rings. The summed E-state index contributed by atoms with van der Waals surface area (Å²) in [6, 6.07) is -0.941. The van der Waals surface area contributed by atoms with E-state index in [9.17, 15) is 9.59 Å². The molecule has 0 aromatic heterocycles. The first-order valence-corrected chi connectivity index (χ1v) is 6.05. The average Bonchev–Trinajstić information content (AvgIpc) is 3.04. The van der Waals surface area contributed by atoms with E-state index in [-0.39, 0.29) is 18.2 Å². The quantitative estimate of drug-likeness (QED) is 0.583. The summed E-state index contributed by atoms with van der Waals surface area (Å²) in [4.78, 5) is 30.7. The largest absolute Gasteiger partial charge is 0.346 e. The molecular weight excluding hydrogens is 252 g/mol. The van der Waals surface area contributed by atoms with Gasteiger partial charge < -0.3 is 9.47 Å². The van der Waals surface area contributed by atoms with E-state index >= 15 is 0 Å². The van der Waals surface area contributed by atoms with Gasteiger partial charge in [0, 0.05) is 14.1 Å². The van der Waals surface area contributed by atoms with E-state index in [2.05, 4.69) is 4.99 Å². The van der Waals surface area contributed by atoms with Crippen molar-refractivity contribution in [2.24, 2.45) is 4.99 Å². The molecule has 1 unspecified atom stereocenters. The van der Waals surface area contributed by atoms with Crippen LogP contribution in [-0.4, -0.2) is 84.7 Å². The Morgan fingerprint density at radius 3 is 2.68 bits per heavy atom. The van der Waals surface area contributed by atoms with E-state index in [1.54, 1.807) is 18.0 Å². The fraction of sp³-hybridized carbons (Fsp3) is 0.636. The van der Waals surface area contributed by atoms with Crippen LogP contribution in [0.25, 0.3) is 0 Å². The molecule has 0 N–H and O–H groups in total. The lowest BCUT2D eigenvalue weighted by atomic mass is 10.1. The minimum Gasteiger partial charge on any atom is -0.346 e. The van der Waals surface area contributed by atoms with Crippen LogP contribution in [-0.2, 0) is 14.3 Å². The second-order valence-corrected chi connectivity index (χ2v) is 4.61. The standard InChI is InChI=1S/C11H15N4O4/c1-13-9-8(10(16)14(2)11(13)17)15(6-12-9)5-7-18-3-4-19-7/h6-8H,3-5H2,1-2H3/q+1. The molecule has 0 radical (unpaired) electrons. The third-order valence-corrected chi connectivity index (χ3v) is 3.45. The molecule has 8 heteroatoms. The van der Waals surface area contributed by atoms with Crippen LogP contribution >= 0.6 is 0 Å².